The van der Waals surface area contributed by atoms with Crippen molar-refractivity contribution in [2.45, 2.75) is 6.92 Å². The fraction of sp³-hybridized carbons (Fsp3) is 0.222. The maximum Gasteiger partial charge on any atom is 0.114 e. The van der Waals surface area contributed by atoms with Crippen molar-refractivity contribution in [3.8, 4) is 0 Å². The van der Waals surface area contributed by atoms with E-state index in [1.807, 2.05) is 6.92 Å². The van der Waals surface area contributed by atoms with Gasteiger partial charge >= 0.3 is 0 Å². The second kappa shape index (κ2) is 5.17. The van der Waals surface area contributed by atoms with Gasteiger partial charge in [0.05, 0.1) is 10.0 Å². The molecule has 0 aliphatic heterocycles. The summed E-state index contributed by atoms with van der Waals surface area (Å²) in [6, 6.07) is 1.58. The summed E-state index contributed by atoms with van der Waals surface area (Å²) in [4.78, 5) is 8.82. The fourth-order valence-corrected chi connectivity index (χ4v) is 1.30. The van der Waals surface area contributed by atoms with Crippen molar-refractivity contribution in [2.75, 3.05) is 6.61 Å². The van der Waals surface area contributed by atoms with Gasteiger partial charge in [0.2, 0.25) is 0 Å². The van der Waals surface area contributed by atoms with Gasteiger partial charge in [0, 0.05) is 13.1 Å². The molecule has 0 unspecified atom stereocenters. The highest BCUT2D eigenvalue weighted by molar-refractivity contribution is 6.36. The van der Waals surface area contributed by atoms with E-state index in [1.54, 1.807) is 6.07 Å². The Bertz CT molecular complexity index is 353. The molecule has 0 saturated heterocycles. The summed E-state index contributed by atoms with van der Waals surface area (Å²) in [5.74, 6) is 0. The van der Waals surface area contributed by atoms with Gasteiger partial charge < -0.3 is 4.84 Å². The van der Waals surface area contributed by atoms with Crippen LogP contribution in [0.4, 0.5) is 0 Å². The second-order valence-electron chi connectivity index (χ2n) is 2.44. The van der Waals surface area contributed by atoms with E-state index in [0.29, 0.717) is 28.1 Å². The molecule has 0 spiro atoms. The minimum atomic E-state index is 0.383. The second-order valence-corrected chi connectivity index (χ2v) is 3.28. The van der Waals surface area contributed by atoms with E-state index >= 15 is 0 Å². The Labute approximate surface area is 92.7 Å². The minimum absolute atomic E-state index is 0.383. The van der Waals surface area contributed by atoms with Crippen LogP contribution in [-0.2, 0) is 4.84 Å². The minimum Gasteiger partial charge on any atom is -0.396 e. The molecule has 14 heavy (non-hydrogen) atoms. The molecule has 75 valence electrons. The van der Waals surface area contributed by atoms with Crippen molar-refractivity contribution in [2.24, 2.45) is 5.16 Å². The quantitative estimate of drug-likeness (QED) is 0.593. The van der Waals surface area contributed by atoms with E-state index in [-0.39, 0.29) is 0 Å². The summed E-state index contributed by atoms with van der Waals surface area (Å²) in [5, 5.41) is 4.60. The van der Waals surface area contributed by atoms with Crippen LogP contribution in [0.15, 0.2) is 17.4 Å². The van der Waals surface area contributed by atoms with Crippen molar-refractivity contribution >= 4 is 28.9 Å². The third-order valence-corrected chi connectivity index (χ3v) is 1.88. The van der Waals surface area contributed by atoms with Gasteiger partial charge in [-0.2, -0.15) is 0 Å². The number of oxime groups is 1. The molecule has 1 rings (SSSR count). The Hall–Kier alpha value is -0.800. The van der Waals surface area contributed by atoms with Crippen molar-refractivity contribution in [1.82, 2.24) is 4.98 Å². The van der Waals surface area contributed by atoms with Gasteiger partial charge in [0.1, 0.15) is 18.0 Å². The van der Waals surface area contributed by atoms with Crippen LogP contribution in [0.2, 0.25) is 10.0 Å². The lowest BCUT2D eigenvalue weighted by Crippen LogP contribution is -2.01. The zero-order valence-electron chi connectivity index (χ0n) is 7.63. The number of halogens is 2. The Kier molecular flexibility index (Phi) is 4.17. The Balaban J connectivity index is 2.95. The van der Waals surface area contributed by atoms with E-state index in [9.17, 15) is 0 Å². The molecule has 5 heteroatoms. The summed E-state index contributed by atoms with van der Waals surface area (Å²) >= 11 is 11.6. The van der Waals surface area contributed by atoms with Gasteiger partial charge in [-0.15, -0.1) is 0 Å². The van der Waals surface area contributed by atoms with Crippen molar-refractivity contribution in [3.63, 3.8) is 0 Å². The van der Waals surface area contributed by atoms with Crippen LogP contribution in [0.1, 0.15) is 12.6 Å². The number of pyridine rings is 1. The largest absolute Gasteiger partial charge is 0.396 e. The van der Waals surface area contributed by atoms with Gasteiger partial charge in [0.15, 0.2) is 0 Å². The normalized spacial score (nSPS) is 11.6. The highest BCUT2D eigenvalue weighted by Crippen LogP contribution is 2.18. The summed E-state index contributed by atoms with van der Waals surface area (Å²) in [5.41, 5.74) is 0.859. The Morgan fingerprint density at radius 2 is 2.36 bits per heavy atom. The van der Waals surface area contributed by atoms with Gasteiger partial charge in [-0.05, 0) is 13.0 Å². The van der Waals surface area contributed by atoms with Crippen LogP contribution in [0.5, 0.6) is 0 Å². The Morgan fingerprint density at radius 1 is 1.64 bits per heavy atom. The van der Waals surface area contributed by atoms with Crippen LogP contribution in [-0.4, -0.2) is 17.3 Å². The highest BCUT2D eigenvalue weighted by Gasteiger charge is 2.06. The van der Waals surface area contributed by atoms with E-state index < -0.39 is 0 Å². The number of rotatable bonds is 3. The van der Waals surface area contributed by atoms with Crippen LogP contribution in [0, 0.1) is 6.92 Å². The molecular weight excluding hydrogens is 223 g/mol. The summed E-state index contributed by atoms with van der Waals surface area (Å²) < 4.78 is 0. The first kappa shape index (κ1) is 11.3. The van der Waals surface area contributed by atoms with E-state index in [1.165, 1.54) is 6.20 Å². The molecule has 0 amide bonds. The first-order valence-corrected chi connectivity index (χ1v) is 4.74. The van der Waals surface area contributed by atoms with E-state index in [4.69, 9.17) is 28.0 Å². The molecule has 0 bridgehead atoms. The summed E-state index contributed by atoms with van der Waals surface area (Å²) in [6.45, 7) is 5.97. The molecule has 0 N–H and O–H groups in total. The van der Waals surface area contributed by atoms with Gasteiger partial charge in [-0.25, -0.2) is 0 Å². The van der Waals surface area contributed by atoms with Crippen molar-refractivity contribution in [1.29, 1.82) is 0 Å². The summed E-state index contributed by atoms with van der Waals surface area (Å²) in [6.07, 6.45) is 1.48. The zero-order chi connectivity index (χ0) is 10.6. The Morgan fingerprint density at radius 3 is 2.93 bits per heavy atom. The monoisotopic (exact) mass is 231 g/mol. The molecule has 0 aromatic carbocycles. The van der Waals surface area contributed by atoms with Crippen LogP contribution in [0.25, 0.3) is 0 Å². The third kappa shape index (κ3) is 2.86. The lowest BCUT2D eigenvalue weighted by Gasteiger charge is -2.02. The lowest BCUT2D eigenvalue weighted by molar-refractivity contribution is 0.159. The molecule has 0 saturated carbocycles. The zero-order valence-corrected chi connectivity index (χ0v) is 9.14. The fourth-order valence-electron chi connectivity index (χ4n) is 0.813. The number of nitrogens with zero attached hydrogens (tertiary/aromatic N) is 2. The van der Waals surface area contributed by atoms with Crippen molar-refractivity contribution < 1.29 is 4.84 Å². The predicted molar refractivity (Wildman–Crippen MR) is 57.8 cm³/mol. The molecule has 0 aliphatic carbocycles. The molecule has 0 atom stereocenters. The van der Waals surface area contributed by atoms with Gasteiger partial charge in [-0.3, -0.25) is 4.98 Å². The van der Waals surface area contributed by atoms with Gasteiger partial charge in [-0.1, -0.05) is 28.4 Å². The predicted octanol–water partition coefficient (Wildman–Crippen LogP) is 2.96. The molecule has 3 nitrogen and oxygen atoms in total. The van der Waals surface area contributed by atoms with Crippen LogP contribution >= 0.6 is 23.2 Å². The van der Waals surface area contributed by atoms with Crippen LogP contribution < -0.4 is 0 Å². The average Bonchev–Trinajstić information content (AvgIpc) is 2.14. The average molecular weight is 232 g/mol. The van der Waals surface area contributed by atoms with E-state index in [2.05, 4.69) is 17.1 Å². The molecule has 0 aliphatic rings. The molecule has 1 aromatic rings. The number of aromatic nitrogens is 1. The standard InChI is InChI=1S/C9H9Cl2N2O/c1-3-14-13-6(2)9-8(11)4-7(10)5-12-9/h4-5H,2-3H2,1H3. The maximum absolute atomic E-state index is 5.88. The molecule has 1 heterocycles. The molecule has 1 radical (unpaired) electrons. The SMILES string of the molecule is [CH2]C(=NOCC)c1ncc(Cl)cc1Cl. The third-order valence-electron chi connectivity index (χ3n) is 1.39. The number of hydrogen-bond donors (Lipinski definition) is 0. The smallest absolute Gasteiger partial charge is 0.114 e. The van der Waals surface area contributed by atoms with E-state index in [0.717, 1.165) is 0 Å². The molecular formula is C9H9Cl2N2O. The number of hydrogen-bond acceptors (Lipinski definition) is 3. The maximum atomic E-state index is 5.88. The highest BCUT2D eigenvalue weighted by atomic mass is 35.5. The molecule has 0 fully saturated rings. The lowest BCUT2D eigenvalue weighted by atomic mass is 10.2. The first-order chi connectivity index (χ1) is 6.65. The summed E-state index contributed by atoms with van der Waals surface area (Å²) in [7, 11) is 0. The molecule has 1 aromatic heterocycles. The van der Waals surface area contributed by atoms with Crippen LogP contribution in [0.3, 0.4) is 0 Å². The topological polar surface area (TPSA) is 34.5 Å². The van der Waals surface area contributed by atoms with Gasteiger partial charge in [0.25, 0.3) is 0 Å². The van der Waals surface area contributed by atoms with Crippen molar-refractivity contribution in [3.05, 3.63) is 34.9 Å². The first-order valence-electron chi connectivity index (χ1n) is 3.98.